The zero-order valence-electron chi connectivity index (χ0n) is 9.59. The van der Waals surface area contributed by atoms with Crippen LogP contribution in [-0.2, 0) is 6.54 Å². The Kier molecular flexibility index (Phi) is 5.29. The first-order valence-corrected chi connectivity index (χ1v) is 5.53. The Morgan fingerprint density at radius 3 is 2.47 bits per heavy atom. The van der Waals surface area contributed by atoms with Crippen molar-refractivity contribution in [3.63, 3.8) is 0 Å². The highest BCUT2D eigenvalue weighted by molar-refractivity contribution is 5.14. The molecule has 1 aromatic rings. The molecule has 3 heteroatoms. The normalized spacial score (nSPS) is 10.9. The Bertz CT molecular complexity index is 269. The van der Waals surface area contributed by atoms with Crippen LogP contribution in [0.4, 0.5) is 4.39 Å². The largest absolute Gasteiger partial charge is 0.342 e. The smallest absolute Gasteiger partial charge is 0.123 e. The Labute approximate surface area is 91.1 Å². The number of hydrogen-bond donors (Lipinski definition) is 2. The van der Waals surface area contributed by atoms with E-state index in [1.54, 1.807) is 0 Å². The quantitative estimate of drug-likeness (QED) is 0.589. The lowest BCUT2D eigenvalue weighted by Gasteiger charge is -2.06. The molecule has 0 aliphatic rings. The highest BCUT2D eigenvalue weighted by Crippen LogP contribution is 2.00. The van der Waals surface area contributed by atoms with E-state index in [0.29, 0.717) is 0 Å². The number of nitrogens with two attached hydrogens (primary N) is 1. The number of benzene rings is 1. The fourth-order valence-corrected chi connectivity index (χ4v) is 1.49. The topological polar surface area (TPSA) is 21.1 Å². The third kappa shape index (κ3) is 5.50. The van der Waals surface area contributed by atoms with Crippen molar-refractivity contribution in [1.29, 1.82) is 0 Å². The number of nitrogens with one attached hydrogen (secondary N) is 1. The van der Waals surface area contributed by atoms with Crippen molar-refractivity contribution in [3.05, 3.63) is 35.6 Å². The minimum absolute atomic E-state index is 0.157. The van der Waals surface area contributed by atoms with Crippen LogP contribution in [0.3, 0.4) is 0 Å². The second-order valence-corrected chi connectivity index (χ2v) is 4.22. The van der Waals surface area contributed by atoms with Gasteiger partial charge in [0.05, 0.1) is 27.2 Å². The highest BCUT2D eigenvalue weighted by atomic mass is 19.1. The van der Waals surface area contributed by atoms with Crippen LogP contribution < -0.4 is 10.2 Å². The molecule has 0 heterocycles. The van der Waals surface area contributed by atoms with Crippen LogP contribution in [0.5, 0.6) is 0 Å². The minimum Gasteiger partial charge on any atom is -0.342 e. The molecule has 0 aliphatic carbocycles. The molecule has 0 aliphatic heterocycles. The minimum atomic E-state index is -0.157. The molecule has 84 valence electrons. The SMILES string of the molecule is C[NH+](C)CCC[NH2+]Cc1ccc(F)cc1. The van der Waals surface area contributed by atoms with Gasteiger partial charge in [0.25, 0.3) is 0 Å². The van der Waals surface area contributed by atoms with Crippen LogP contribution in [0.25, 0.3) is 0 Å². The summed E-state index contributed by atoms with van der Waals surface area (Å²) in [5.41, 5.74) is 1.19. The molecule has 15 heavy (non-hydrogen) atoms. The number of halogens is 1. The predicted octanol–water partition coefficient (Wildman–Crippen LogP) is -0.576. The van der Waals surface area contributed by atoms with Crippen molar-refractivity contribution in [3.8, 4) is 0 Å². The lowest BCUT2D eigenvalue weighted by atomic mass is 10.2. The van der Waals surface area contributed by atoms with Crippen molar-refractivity contribution in [1.82, 2.24) is 0 Å². The maximum absolute atomic E-state index is 12.6. The summed E-state index contributed by atoms with van der Waals surface area (Å²) >= 11 is 0. The van der Waals surface area contributed by atoms with Crippen LogP contribution in [0, 0.1) is 5.82 Å². The van der Waals surface area contributed by atoms with Gasteiger partial charge in [-0.3, -0.25) is 0 Å². The molecule has 0 saturated carbocycles. The molecular weight excluding hydrogens is 191 g/mol. The van der Waals surface area contributed by atoms with Crippen LogP contribution in [-0.4, -0.2) is 27.2 Å². The second kappa shape index (κ2) is 6.53. The summed E-state index contributed by atoms with van der Waals surface area (Å²) in [5, 5.41) is 2.27. The molecule has 2 nitrogen and oxygen atoms in total. The fraction of sp³-hybridized carbons (Fsp3) is 0.500. The molecule has 0 amide bonds. The number of quaternary nitrogens is 2. The molecule has 0 aromatic heterocycles. The first-order chi connectivity index (χ1) is 7.18. The summed E-state index contributed by atoms with van der Waals surface area (Å²) in [6.07, 6.45) is 1.23. The van der Waals surface area contributed by atoms with Crippen molar-refractivity contribution in [2.45, 2.75) is 13.0 Å². The zero-order chi connectivity index (χ0) is 11.1. The molecular formula is C12H21FN2+2. The summed E-state index contributed by atoms with van der Waals surface area (Å²) in [6.45, 7) is 3.30. The molecule has 0 saturated heterocycles. The van der Waals surface area contributed by atoms with Gasteiger partial charge in [-0.05, 0) is 12.1 Å². The summed E-state index contributed by atoms with van der Waals surface area (Å²) < 4.78 is 12.6. The van der Waals surface area contributed by atoms with Gasteiger partial charge >= 0.3 is 0 Å². The van der Waals surface area contributed by atoms with Crippen LogP contribution in [0.2, 0.25) is 0 Å². The zero-order valence-corrected chi connectivity index (χ0v) is 9.59. The lowest BCUT2D eigenvalue weighted by molar-refractivity contribution is -0.860. The Morgan fingerprint density at radius 1 is 1.20 bits per heavy atom. The highest BCUT2D eigenvalue weighted by Gasteiger charge is 1.98. The third-order valence-corrected chi connectivity index (χ3v) is 2.38. The van der Waals surface area contributed by atoms with E-state index < -0.39 is 0 Å². The first-order valence-electron chi connectivity index (χ1n) is 5.53. The van der Waals surface area contributed by atoms with Gasteiger partial charge in [-0.1, -0.05) is 12.1 Å². The third-order valence-electron chi connectivity index (χ3n) is 2.38. The van der Waals surface area contributed by atoms with E-state index in [-0.39, 0.29) is 5.82 Å². The molecule has 0 unspecified atom stereocenters. The monoisotopic (exact) mass is 212 g/mol. The lowest BCUT2D eigenvalue weighted by Crippen LogP contribution is -3.06. The van der Waals surface area contributed by atoms with Gasteiger partial charge in [-0.15, -0.1) is 0 Å². The standard InChI is InChI=1S/C12H19FN2/c1-15(2)9-3-8-14-10-11-4-6-12(13)7-5-11/h4-7,14H,3,8-10H2,1-2H3/p+2. The van der Waals surface area contributed by atoms with Gasteiger partial charge in [-0.2, -0.15) is 0 Å². The van der Waals surface area contributed by atoms with E-state index >= 15 is 0 Å². The van der Waals surface area contributed by atoms with E-state index in [4.69, 9.17) is 0 Å². The van der Waals surface area contributed by atoms with E-state index in [1.165, 1.54) is 35.6 Å². The second-order valence-electron chi connectivity index (χ2n) is 4.22. The average Bonchev–Trinajstić information content (AvgIpc) is 2.20. The first kappa shape index (κ1) is 12.1. The van der Waals surface area contributed by atoms with Crippen molar-refractivity contribution in [2.75, 3.05) is 27.2 Å². The molecule has 1 aromatic carbocycles. The van der Waals surface area contributed by atoms with Gasteiger partial charge in [0, 0.05) is 12.0 Å². The number of rotatable bonds is 6. The van der Waals surface area contributed by atoms with Crippen molar-refractivity contribution >= 4 is 0 Å². The summed E-state index contributed by atoms with van der Waals surface area (Å²) in [6, 6.07) is 6.74. The summed E-state index contributed by atoms with van der Waals surface area (Å²) in [5.74, 6) is -0.157. The maximum Gasteiger partial charge on any atom is 0.123 e. The molecule has 3 N–H and O–H groups in total. The van der Waals surface area contributed by atoms with Crippen molar-refractivity contribution < 1.29 is 14.6 Å². The Balaban J connectivity index is 2.12. The van der Waals surface area contributed by atoms with Gasteiger partial charge in [0.1, 0.15) is 12.4 Å². The van der Waals surface area contributed by atoms with Gasteiger partial charge in [0.15, 0.2) is 0 Å². The Hall–Kier alpha value is -0.930. The van der Waals surface area contributed by atoms with E-state index in [9.17, 15) is 4.39 Å². The number of hydrogen-bond acceptors (Lipinski definition) is 0. The van der Waals surface area contributed by atoms with E-state index in [1.807, 2.05) is 12.1 Å². The average molecular weight is 212 g/mol. The molecule has 0 spiro atoms. The van der Waals surface area contributed by atoms with E-state index in [2.05, 4.69) is 19.4 Å². The van der Waals surface area contributed by atoms with Crippen LogP contribution >= 0.6 is 0 Å². The predicted molar refractivity (Wildman–Crippen MR) is 59.2 cm³/mol. The maximum atomic E-state index is 12.6. The van der Waals surface area contributed by atoms with Crippen LogP contribution in [0.15, 0.2) is 24.3 Å². The molecule has 0 atom stereocenters. The Morgan fingerprint density at radius 2 is 1.87 bits per heavy atom. The summed E-state index contributed by atoms with van der Waals surface area (Å²) in [7, 11) is 4.33. The molecule has 0 fully saturated rings. The van der Waals surface area contributed by atoms with Gasteiger partial charge < -0.3 is 10.2 Å². The van der Waals surface area contributed by atoms with Crippen LogP contribution in [0.1, 0.15) is 12.0 Å². The van der Waals surface area contributed by atoms with Crippen molar-refractivity contribution in [2.24, 2.45) is 0 Å². The fourth-order valence-electron chi connectivity index (χ4n) is 1.49. The molecule has 0 bridgehead atoms. The van der Waals surface area contributed by atoms with E-state index in [0.717, 1.165) is 13.1 Å². The molecule has 0 radical (unpaired) electrons. The van der Waals surface area contributed by atoms with Gasteiger partial charge in [-0.25, -0.2) is 4.39 Å². The van der Waals surface area contributed by atoms with Gasteiger partial charge in [0.2, 0.25) is 0 Å². The molecule has 1 rings (SSSR count). The summed E-state index contributed by atoms with van der Waals surface area (Å²) in [4.78, 5) is 1.49.